The van der Waals surface area contributed by atoms with Gasteiger partial charge in [-0.15, -0.1) is 0 Å². The van der Waals surface area contributed by atoms with E-state index in [-0.39, 0.29) is 6.54 Å². The van der Waals surface area contributed by atoms with Crippen LogP contribution in [-0.4, -0.2) is 96.8 Å². The van der Waals surface area contributed by atoms with Crippen LogP contribution in [0.5, 0.6) is 0 Å². The van der Waals surface area contributed by atoms with Crippen LogP contribution in [0.4, 0.5) is 0 Å². The van der Waals surface area contributed by atoms with Crippen molar-refractivity contribution in [2.75, 3.05) is 13.2 Å². The number of aliphatic carboxylic acids is 1. The van der Waals surface area contributed by atoms with Gasteiger partial charge in [0, 0.05) is 19.9 Å². The van der Waals surface area contributed by atoms with Crippen molar-refractivity contribution in [3.05, 3.63) is 0 Å². The number of carbonyl (C=O) groups is 2. The van der Waals surface area contributed by atoms with Gasteiger partial charge in [-0.3, -0.25) is 4.79 Å². The van der Waals surface area contributed by atoms with Gasteiger partial charge in [0.2, 0.25) is 5.91 Å². The number of hydrogen-bond acceptors (Lipinski definition) is 8. The van der Waals surface area contributed by atoms with Crippen molar-refractivity contribution < 1.29 is 45.0 Å². The fourth-order valence-electron chi connectivity index (χ4n) is 2.84. The Hall–Kier alpha value is -1.30. The number of ether oxygens (including phenoxy) is 1. The number of rotatable bonds is 7. The number of carbonyl (C=O) groups excluding carboxylic acids is 1. The summed E-state index contributed by atoms with van der Waals surface area (Å²) in [5, 5.41) is 58.2. The van der Waals surface area contributed by atoms with Gasteiger partial charge in [-0.1, -0.05) is 6.92 Å². The summed E-state index contributed by atoms with van der Waals surface area (Å²) < 4.78 is 5.06. The molecule has 0 aromatic rings. The molecule has 1 amide bonds. The number of aliphatic hydroxyl groups excluding tert-OH is 4. The summed E-state index contributed by atoms with van der Waals surface area (Å²) in [6.07, 6.45) is -6.90. The number of nitrogens with zero attached hydrogens (tertiary/aromatic N) is 1. The topological polar surface area (TPSA) is 168 Å². The summed E-state index contributed by atoms with van der Waals surface area (Å²) in [5.74, 6) is -5.02. The highest BCUT2D eigenvalue weighted by atomic mass is 16.7. The zero-order valence-electron chi connectivity index (χ0n) is 13.6. The van der Waals surface area contributed by atoms with Gasteiger partial charge in [0.25, 0.3) is 5.79 Å². The SMILES string of the molecule is CCCN(C(C)=O)[C@@H]1[C@@H](O)C[C@](O)(C(=O)O)O[C@H]1C(O)[C@H](O)CO. The van der Waals surface area contributed by atoms with Crippen LogP contribution in [0.2, 0.25) is 0 Å². The maximum Gasteiger partial charge on any atom is 0.364 e. The van der Waals surface area contributed by atoms with Crippen LogP contribution < -0.4 is 0 Å². The molecular formula is C14H25NO9. The molecule has 10 heteroatoms. The lowest BCUT2D eigenvalue weighted by molar-refractivity contribution is -0.303. The largest absolute Gasteiger partial charge is 0.477 e. The van der Waals surface area contributed by atoms with E-state index in [0.717, 1.165) is 0 Å². The highest BCUT2D eigenvalue weighted by Crippen LogP contribution is 2.33. The van der Waals surface area contributed by atoms with E-state index < -0.39 is 61.1 Å². The van der Waals surface area contributed by atoms with Crippen molar-refractivity contribution in [2.24, 2.45) is 0 Å². The predicted octanol–water partition coefficient (Wildman–Crippen LogP) is -2.75. The van der Waals surface area contributed by atoms with Gasteiger partial charge >= 0.3 is 5.97 Å². The van der Waals surface area contributed by atoms with Gasteiger partial charge < -0.3 is 40.3 Å². The van der Waals surface area contributed by atoms with Gasteiger partial charge in [-0.05, 0) is 6.42 Å². The molecule has 1 aliphatic rings. The first-order valence-electron chi connectivity index (χ1n) is 7.64. The van der Waals surface area contributed by atoms with Crippen molar-refractivity contribution in [3.63, 3.8) is 0 Å². The van der Waals surface area contributed by atoms with Crippen LogP contribution in [0.25, 0.3) is 0 Å². The number of amides is 1. The molecule has 1 heterocycles. The number of hydrogen-bond donors (Lipinski definition) is 6. The van der Waals surface area contributed by atoms with Crippen LogP contribution in [-0.2, 0) is 14.3 Å². The Balaban J connectivity index is 3.26. The molecular weight excluding hydrogens is 326 g/mol. The van der Waals surface area contributed by atoms with Gasteiger partial charge in [-0.2, -0.15) is 0 Å². The maximum atomic E-state index is 11.9. The van der Waals surface area contributed by atoms with Gasteiger partial charge in [0.05, 0.1) is 18.8 Å². The molecule has 0 radical (unpaired) electrons. The molecule has 0 bridgehead atoms. The summed E-state index contributed by atoms with van der Waals surface area (Å²) in [4.78, 5) is 24.3. The molecule has 1 saturated heterocycles. The molecule has 1 unspecified atom stereocenters. The van der Waals surface area contributed by atoms with Crippen LogP contribution in [0.1, 0.15) is 26.7 Å². The molecule has 10 nitrogen and oxygen atoms in total. The molecule has 0 spiro atoms. The fourth-order valence-corrected chi connectivity index (χ4v) is 2.84. The van der Waals surface area contributed by atoms with Crippen molar-refractivity contribution in [2.45, 2.75) is 62.9 Å². The molecule has 1 rings (SSSR count). The van der Waals surface area contributed by atoms with E-state index in [4.69, 9.17) is 14.9 Å². The number of aliphatic hydroxyl groups is 5. The summed E-state index contributed by atoms with van der Waals surface area (Å²) in [5.41, 5.74) is 0. The Morgan fingerprint density at radius 1 is 1.38 bits per heavy atom. The lowest BCUT2D eigenvalue weighted by Crippen LogP contribution is -2.68. The van der Waals surface area contributed by atoms with E-state index in [2.05, 4.69) is 0 Å². The van der Waals surface area contributed by atoms with E-state index >= 15 is 0 Å². The van der Waals surface area contributed by atoms with E-state index in [9.17, 15) is 30.0 Å². The minimum Gasteiger partial charge on any atom is -0.477 e. The second kappa shape index (κ2) is 8.19. The molecule has 6 N–H and O–H groups in total. The molecule has 0 aromatic carbocycles. The van der Waals surface area contributed by atoms with Crippen molar-refractivity contribution in [1.82, 2.24) is 4.90 Å². The zero-order valence-corrected chi connectivity index (χ0v) is 13.6. The monoisotopic (exact) mass is 351 g/mol. The lowest BCUT2D eigenvalue weighted by Gasteiger charge is -2.48. The average molecular weight is 351 g/mol. The Labute approximate surface area is 138 Å². The first-order chi connectivity index (χ1) is 11.1. The Morgan fingerprint density at radius 2 is 1.96 bits per heavy atom. The Bertz CT molecular complexity index is 460. The van der Waals surface area contributed by atoms with Crippen LogP contribution in [0, 0.1) is 0 Å². The third-order valence-electron chi connectivity index (χ3n) is 4.03. The first-order valence-corrected chi connectivity index (χ1v) is 7.64. The Morgan fingerprint density at radius 3 is 2.38 bits per heavy atom. The second-order valence-corrected chi connectivity index (χ2v) is 5.89. The standard InChI is InChI=1S/C14H25NO9/c1-3-4-15(7(2)17)10-8(18)5-14(23,13(21)22)24-12(10)11(20)9(19)6-16/h8-12,16,18-20,23H,3-6H2,1-2H3,(H,21,22)/t8-,9+,10+,11?,12+,14+/m0/s1. The zero-order chi connectivity index (χ0) is 18.7. The molecule has 0 saturated carbocycles. The normalized spacial score (nSPS) is 32.9. The maximum absolute atomic E-state index is 11.9. The molecule has 0 aromatic heterocycles. The van der Waals surface area contributed by atoms with E-state index in [1.54, 1.807) is 6.92 Å². The molecule has 24 heavy (non-hydrogen) atoms. The molecule has 1 aliphatic heterocycles. The molecule has 1 fully saturated rings. The smallest absolute Gasteiger partial charge is 0.364 e. The van der Waals surface area contributed by atoms with Crippen molar-refractivity contribution in [1.29, 1.82) is 0 Å². The lowest BCUT2D eigenvalue weighted by atomic mass is 9.87. The third-order valence-corrected chi connectivity index (χ3v) is 4.03. The van der Waals surface area contributed by atoms with Crippen LogP contribution in [0.15, 0.2) is 0 Å². The van der Waals surface area contributed by atoms with Gasteiger partial charge in [0.15, 0.2) is 0 Å². The second-order valence-electron chi connectivity index (χ2n) is 5.89. The summed E-state index contributed by atoms with van der Waals surface area (Å²) in [6.45, 7) is 2.33. The van der Waals surface area contributed by atoms with E-state index in [0.29, 0.717) is 6.42 Å². The molecule has 6 atom stereocenters. The third kappa shape index (κ3) is 4.21. The number of carboxylic acids is 1. The number of carboxylic acid groups (broad SMARTS) is 1. The van der Waals surface area contributed by atoms with E-state index in [1.165, 1.54) is 11.8 Å². The minimum atomic E-state index is -2.79. The van der Waals surface area contributed by atoms with Crippen molar-refractivity contribution in [3.8, 4) is 0 Å². The van der Waals surface area contributed by atoms with Gasteiger partial charge in [0.1, 0.15) is 18.3 Å². The molecule has 0 aliphatic carbocycles. The molecule has 140 valence electrons. The Kier molecular flexibility index (Phi) is 7.08. The van der Waals surface area contributed by atoms with E-state index in [1.807, 2.05) is 0 Å². The van der Waals surface area contributed by atoms with Gasteiger partial charge in [-0.25, -0.2) is 4.79 Å². The first kappa shape index (κ1) is 20.7. The van der Waals surface area contributed by atoms with Crippen molar-refractivity contribution >= 4 is 11.9 Å². The highest BCUT2D eigenvalue weighted by Gasteiger charge is 2.55. The summed E-state index contributed by atoms with van der Waals surface area (Å²) in [7, 11) is 0. The quantitative estimate of drug-likeness (QED) is 0.285. The summed E-state index contributed by atoms with van der Waals surface area (Å²) in [6, 6.07) is -1.20. The summed E-state index contributed by atoms with van der Waals surface area (Å²) >= 11 is 0. The van der Waals surface area contributed by atoms with Crippen LogP contribution >= 0.6 is 0 Å². The average Bonchev–Trinajstić information content (AvgIpc) is 2.50. The minimum absolute atomic E-state index is 0.185. The highest BCUT2D eigenvalue weighted by molar-refractivity contribution is 5.76. The van der Waals surface area contributed by atoms with Crippen LogP contribution in [0.3, 0.4) is 0 Å². The predicted molar refractivity (Wildman–Crippen MR) is 78.6 cm³/mol. The fraction of sp³-hybridized carbons (Fsp3) is 0.857.